The molecule has 2 aromatic heterocycles. The largest absolute Gasteiger partial charge is 0.136 e. The van der Waals surface area contributed by atoms with Gasteiger partial charge in [0.25, 0.3) is 0 Å². The maximum Gasteiger partial charge on any atom is 0.0746 e. The Labute approximate surface area is 122 Å². The Kier molecular flexibility index (Phi) is 4.10. The Bertz CT molecular complexity index is 453. The Hall–Kier alpha value is 0.840. The molecule has 5 heteroatoms. The van der Waals surface area contributed by atoms with Gasteiger partial charge in [0.1, 0.15) is 0 Å². The van der Waals surface area contributed by atoms with Gasteiger partial charge in [-0.2, -0.15) is 0 Å². The van der Waals surface area contributed by atoms with E-state index in [9.17, 15) is 0 Å². The SMILES string of the molecule is Cc1cc(C(Br)c2csc(Br)c2)sc1Br. The molecule has 2 aromatic rings. The van der Waals surface area contributed by atoms with Gasteiger partial charge in [-0.05, 0) is 67.4 Å². The summed E-state index contributed by atoms with van der Waals surface area (Å²) in [7, 11) is 0. The van der Waals surface area contributed by atoms with E-state index in [2.05, 4.69) is 72.2 Å². The first-order chi connectivity index (χ1) is 7.08. The minimum absolute atomic E-state index is 0.301. The third-order valence-electron chi connectivity index (χ3n) is 2.01. The summed E-state index contributed by atoms with van der Waals surface area (Å²) in [4.78, 5) is 1.64. The second kappa shape index (κ2) is 5.00. The fourth-order valence-electron chi connectivity index (χ4n) is 1.23. The zero-order valence-electron chi connectivity index (χ0n) is 7.76. The zero-order chi connectivity index (χ0) is 11.0. The van der Waals surface area contributed by atoms with Gasteiger partial charge >= 0.3 is 0 Å². The summed E-state index contributed by atoms with van der Waals surface area (Å²) in [5.74, 6) is 0. The van der Waals surface area contributed by atoms with Crippen molar-refractivity contribution in [1.29, 1.82) is 0 Å². The van der Waals surface area contributed by atoms with Crippen LogP contribution in [-0.2, 0) is 0 Å². The average Bonchev–Trinajstić information content (AvgIpc) is 2.74. The van der Waals surface area contributed by atoms with Crippen molar-refractivity contribution in [3.05, 3.63) is 41.1 Å². The van der Waals surface area contributed by atoms with E-state index in [0.717, 1.165) is 0 Å². The zero-order valence-corrected chi connectivity index (χ0v) is 14.2. The van der Waals surface area contributed by atoms with Crippen LogP contribution in [0.2, 0.25) is 0 Å². The van der Waals surface area contributed by atoms with Gasteiger partial charge < -0.3 is 0 Å². The highest BCUT2D eigenvalue weighted by molar-refractivity contribution is 9.11. The van der Waals surface area contributed by atoms with Crippen LogP contribution in [0.15, 0.2) is 25.1 Å². The van der Waals surface area contributed by atoms with Gasteiger partial charge in [-0.25, -0.2) is 0 Å². The van der Waals surface area contributed by atoms with Crippen molar-refractivity contribution in [3.63, 3.8) is 0 Å². The lowest BCUT2D eigenvalue weighted by atomic mass is 10.2. The molecule has 0 aliphatic rings. The second-order valence-electron chi connectivity index (χ2n) is 3.15. The number of alkyl halides is 1. The molecule has 0 fully saturated rings. The van der Waals surface area contributed by atoms with Crippen molar-refractivity contribution in [2.24, 2.45) is 0 Å². The normalized spacial score (nSPS) is 13.1. The van der Waals surface area contributed by atoms with Crippen LogP contribution in [0, 0.1) is 6.92 Å². The molecule has 0 N–H and O–H groups in total. The van der Waals surface area contributed by atoms with Crippen LogP contribution in [-0.4, -0.2) is 0 Å². The number of hydrogen-bond acceptors (Lipinski definition) is 2. The van der Waals surface area contributed by atoms with E-state index in [-0.39, 0.29) is 0 Å². The van der Waals surface area contributed by atoms with Crippen LogP contribution in [0.4, 0.5) is 0 Å². The first-order valence-electron chi connectivity index (χ1n) is 4.21. The molecule has 0 nitrogen and oxygen atoms in total. The molecule has 0 aliphatic carbocycles. The Morgan fingerprint density at radius 2 is 2.00 bits per heavy atom. The van der Waals surface area contributed by atoms with Crippen molar-refractivity contribution < 1.29 is 0 Å². The van der Waals surface area contributed by atoms with E-state index in [1.54, 1.807) is 22.7 Å². The van der Waals surface area contributed by atoms with Crippen LogP contribution in [0.5, 0.6) is 0 Å². The topological polar surface area (TPSA) is 0 Å². The van der Waals surface area contributed by atoms with Gasteiger partial charge in [0, 0.05) is 4.88 Å². The van der Waals surface area contributed by atoms with Crippen LogP contribution >= 0.6 is 70.5 Å². The predicted octanol–water partition coefficient (Wildman–Crippen LogP) is 6.13. The highest BCUT2D eigenvalue weighted by Gasteiger charge is 2.15. The molecule has 0 saturated carbocycles. The summed E-state index contributed by atoms with van der Waals surface area (Å²) in [5.41, 5.74) is 2.61. The Morgan fingerprint density at radius 1 is 1.27 bits per heavy atom. The molecule has 2 rings (SSSR count). The summed E-state index contributed by atoms with van der Waals surface area (Å²) in [6.07, 6.45) is 0. The first kappa shape index (κ1) is 12.3. The fraction of sp³-hybridized carbons (Fsp3) is 0.200. The van der Waals surface area contributed by atoms with Crippen molar-refractivity contribution in [2.45, 2.75) is 11.8 Å². The third-order valence-corrected chi connectivity index (χ3v) is 7.06. The van der Waals surface area contributed by atoms with Crippen molar-refractivity contribution in [1.82, 2.24) is 0 Å². The van der Waals surface area contributed by atoms with Crippen LogP contribution in [0.1, 0.15) is 20.8 Å². The van der Waals surface area contributed by atoms with Crippen LogP contribution in [0.3, 0.4) is 0 Å². The van der Waals surface area contributed by atoms with Gasteiger partial charge in [-0.1, -0.05) is 15.9 Å². The van der Waals surface area contributed by atoms with Crippen LogP contribution in [0.25, 0.3) is 0 Å². The maximum absolute atomic E-state index is 3.73. The summed E-state index contributed by atoms with van der Waals surface area (Å²) >= 11 is 14.3. The minimum atomic E-state index is 0.301. The molecule has 80 valence electrons. The molecule has 0 aliphatic heterocycles. The summed E-state index contributed by atoms with van der Waals surface area (Å²) < 4.78 is 2.39. The average molecular weight is 431 g/mol. The monoisotopic (exact) mass is 428 g/mol. The summed E-state index contributed by atoms with van der Waals surface area (Å²) in [6, 6.07) is 4.38. The predicted molar refractivity (Wildman–Crippen MR) is 79.5 cm³/mol. The second-order valence-corrected chi connectivity index (χ2v) is 8.76. The van der Waals surface area contributed by atoms with Gasteiger partial charge in [-0.15, -0.1) is 22.7 Å². The van der Waals surface area contributed by atoms with Gasteiger partial charge in [-0.3, -0.25) is 0 Å². The first-order valence-corrected chi connectivity index (χ1v) is 8.41. The lowest BCUT2D eigenvalue weighted by molar-refractivity contribution is 1.24. The number of aryl methyl sites for hydroxylation is 1. The molecule has 0 radical (unpaired) electrons. The molecule has 0 saturated heterocycles. The van der Waals surface area contributed by atoms with Gasteiger partial charge in [0.2, 0.25) is 0 Å². The highest BCUT2D eigenvalue weighted by Crippen LogP contribution is 2.40. The summed E-state index contributed by atoms with van der Waals surface area (Å²) in [6.45, 7) is 2.12. The quantitative estimate of drug-likeness (QED) is 0.503. The van der Waals surface area contributed by atoms with Gasteiger partial charge in [0.15, 0.2) is 0 Å². The minimum Gasteiger partial charge on any atom is -0.136 e. The summed E-state index contributed by atoms with van der Waals surface area (Å²) in [5, 5.41) is 2.17. The Balaban J connectivity index is 2.31. The number of thiophene rings is 2. The van der Waals surface area contributed by atoms with Gasteiger partial charge in [0.05, 0.1) is 12.4 Å². The smallest absolute Gasteiger partial charge is 0.0746 e. The van der Waals surface area contributed by atoms with Crippen LogP contribution < -0.4 is 0 Å². The van der Waals surface area contributed by atoms with E-state index in [1.165, 1.54) is 23.6 Å². The maximum atomic E-state index is 3.73. The van der Waals surface area contributed by atoms with Crippen molar-refractivity contribution in [3.8, 4) is 0 Å². The number of halogens is 3. The molecule has 15 heavy (non-hydrogen) atoms. The number of rotatable bonds is 2. The molecular weight excluding hydrogens is 424 g/mol. The van der Waals surface area contributed by atoms with Crippen molar-refractivity contribution >= 4 is 70.5 Å². The molecule has 0 aromatic carbocycles. The molecular formula is C10H7Br3S2. The van der Waals surface area contributed by atoms with E-state index in [0.29, 0.717) is 4.83 Å². The number of hydrogen-bond donors (Lipinski definition) is 0. The molecule has 2 heterocycles. The molecule has 0 amide bonds. The fourth-order valence-corrected chi connectivity index (χ4v) is 4.86. The van der Waals surface area contributed by atoms with E-state index in [4.69, 9.17) is 0 Å². The van der Waals surface area contributed by atoms with E-state index in [1.807, 2.05) is 0 Å². The highest BCUT2D eigenvalue weighted by atomic mass is 79.9. The molecule has 1 unspecified atom stereocenters. The lowest BCUT2D eigenvalue weighted by Gasteiger charge is -2.03. The third kappa shape index (κ3) is 2.75. The standard InChI is InChI=1S/C10H7Br3S2/c1-5-2-7(15-10(5)13)9(12)6-3-8(11)14-4-6/h2-4,9H,1H3. The van der Waals surface area contributed by atoms with E-state index >= 15 is 0 Å². The molecule has 0 bridgehead atoms. The van der Waals surface area contributed by atoms with Crippen molar-refractivity contribution in [2.75, 3.05) is 0 Å². The lowest BCUT2D eigenvalue weighted by Crippen LogP contribution is -1.85. The molecule has 1 atom stereocenters. The van der Waals surface area contributed by atoms with E-state index < -0.39 is 0 Å². The Morgan fingerprint density at radius 3 is 2.47 bits per heavy atom. The molecule has 0 spiro atoms.